The Kier molecular flexibility index (Phi) is 5.67. The van der Waals surface area contributed by atoms with Gasteiger partial charge in [-0.1, -0.05) is 31.2 Å². The quantitative estimate of drug-likeness (QED) is 0.822. The van der Waals surface area contributed by atoms with Gasteiger partial charge in [0.1, 0.15) is 6.04 Å². The summed E-state index contributed by atoms with van der Waals surface area (Å²) in [5, 5.41) is 5.13. The lowest BCUT2D eigenvalue weighted by Crippen LogP contribution is -2.50. The summed E-state index contributed by atoms with van der Waals surface area (Å²) in [4.78, 5) is 43.0. The van der Waals surface area contributed by atoms with E-state index in [1.807, 2.05) is 36.6 Å². The smallest absolute Gasteiger partial charge is 0.318 e. The van der Waals surface area contributed by atoms with Crippen LogP contribution in [0.1, 0.15) is 35.0 Å². The van der Waals surface area contributed by atoms with E-state index in [-0.39, 0.29) is 36.3 Å². The first-order valence-corrected chi connectivity index (χ1v) is 10.9. The molecule has 152 valence electrons. The predicted molar refractivity (Wildman–Crippen MR) is 112 cm³/mol. The minimum Gasteiger partial charge on any atom is -0.335 e. The molecule has 29 heavy (non-hydrogen) atoms. The van der Waals surface area contributed by atoms with Crippen LogP contribution in [-0.2, 0) is 11.2 Å². The third-order valence-electron chi connectivity index (χ3n) is 5.81. The molecule has 0 bridgehead atoms. The zero-order chi connectivity index (χ0) is 20.4. The minimum atomic E-state index is -0.540. The number of carbonyl (C=O) groups excluding carboxylic acids is 3. The molecule has 1 aromatic heterocycles. The standard InChI is InChI=1S/C22H25N3O3S/c1-2-16(13-17-9-6-12-29-17)23-22(28)24-11-10-18-20(24)19(26)14-25(18)21(27)15-7-4-3-5-8-15/h3-9,12,16,18,20H,2,10-11,13-14H2,1H3,(H,23,28)/t16?,18-,20+/m1/s1. The number of benzene rings is 1. The average Bonchev–Trinajstić information content (AvgIpc) is 3.46. The van der Waals surface area contributed by atoms with Crippen molar-refractivity contribution in [1.29, 1.82) is 0 Å². The molecule has 3 amide bonds. The first-order valence-electron chi connectivity index (χ1n) is 10.1. The van der Waals surface area contributed by atoms with Crippen molar-refractivity contribution in [2.24, 2.45) is 0 Å². The Balaban J connectivity index is 1.43. The summed E-state index contributed by atoms with van der Waals surface area (Å²) in [7, 11) is 0. The molecule has 2 aromatic rings. The SMILES string of the molecule is CCC(Cc1cccs1)NC(=O)N1CC[C@@H]2[C@H]1C(=O)CN2C(=O)c1ccccc1. The van der Waals surface area contributed by atoms with Crippen LogP contribution >= 0.6 is 11.3 Å². The van der Waals surface area contributed by atoms with E-state index in [4.69, 9.17) is 0 Å². The van der Waals surface area contributed by atoms with E-state index >= 15 is 0 Å². The highest BCUT2D eigenvalue weighted by Crippen LogP contribution is 2.31. The monoisotopic (exact) mass is 411 g/mol. The molecule has 0 aliphatic carbocycles. The number of ketones is 1. The van der Waals surface area contributed by atoms with Gasteiger partial charge in [0.05, 0.1) is 12.6 Å². The summed E-state index contributed by atoms with van der Waals surface area (Å²) in [5.74, 6) is -0.198. The Morgan fingerprint density at radius 3 is 2.66 bits per heavy atom. The molecule has 7 heteroatoms. The molecule has 0 radical (unpaired) electrons. The minimum absolute atomic E-state index is 0.0266. The van der Waals surface area contributed by atoms with Crippen molar-refractivity contribution in [3.05, 3.63) is 58.3 Å². The van der Waals surface area contributed by atoms with Crippen LogP contribution in [0.5, 0.6) is 0 Å². The highest BCUT2D eigenvalue weighted by atomic mass is 32.1. The van der Waals surface area contributed by atoms with Crippen LogP contribution in [-0.4, -0.2) is 58.7 Å². The predicted octanol–water partition coefficient (Wildman–Crippen LogP) is 2.95. The Hall–Kier alpha value is -2.67. The Labute approximate surface area is 174 Å². The maximum absolute atomic E-state index is 12.9. The number of likely N-dealkylation sites (tertiary alicyclic amines) is 2. The van der Waals surface area contributed by atoms with Crippen molar-refractivity contribution in [3.8, 4) is 0 Å². The van der Waals surface area contributed by atoms with Crippen LogP contribution in [0.15, 0.2) is 47.8 Å². The molecule has 2 aliphatic heterocycles. The zero-order valence-electron chi connectivity index (χ0n) is 16.4. The van der Waals surface area contributed by atoms with Crippen molar-refractivity contribution in [3.63, 3.8) is 0 Å². The molecule has 1 aromatic carbocycles. The van der Waals surface area contributed by atoms with E-state index in [9.17, 15) is 14.4 Å². The number of amides is 3. The third kappa shape index (κ3) is 3.92. The normalized spacial score (nSPS) is 21.9. The van der Waals surface area contributed by atoms with Crippen molar-refractivity contribution >= 4 is 29.1 Å². The maximum Gasteiger partial charge on any atom is 0.318 e. The number of hydrogen-bond donors (Lipinski definition) is 1. The highest BCUT2D eigenvalue weighted by Gasteiger charge is 2.51. The number of hydrogen-bond acceptors (Lipinski definition) is 4. The number of nitrogens with one attached hydrogen (secondary N) is 1. The zero-order valence-corrected chi connectivity index (χ0v) is 17.2. The van der Waals surface area contributed by atoms with E-state index in [1.54, 1.807) is 33.3 Å². The topological polar surface area (TPSA) is 69.7 Å². The number of carbonyl (C=O) groups is 3. The largest absolute Gasteiger partial charge is 0.335 e. The summed E-state index contributed by atoms with van der Waals surface area (Å²) in [6.45, 7) is 2.60. The van der Waals surface area contributed by atoms with E-state index < -0.39 is 6.04 Å². The summed E-state index contributed by atoms with van der Waals surface area (Å²) in [5.41, 5.74) is 0.575. The molecule has 2 saturated heterocycles. The van der Waals surface area contributed by atoms with Crippen LogP contribution in [0.3, 0.4) is 0 Å². The van der Waals surface area contributed by atoms with Crippen LogP contribution in [0, 0.1) is 0 Å². The lowest BCUT2D eigenvalue weighted by molar-refractivity contribution is -0.119. The molecular formula is C22H25N3O3S. The second kappa shape index (κ2) is 8.37. The Bertz CT molecular complexity index is 884. The van der Waals surface area contributed by atoms with Crippen LogP contribution < -0.4 is 5.32 Å². The van der Waals surface area contributed by atoms with Gasteiger partial charge in [-0.05, 0) is 36.4 Å². The van der Waals surface area contributed by atoms with Gasteiger partial charge >= 0.3 is 6.03 Å². The summed E-state index contributed by atoms with van der Waals surface area (Å²) < 4.78 is 0. The second-order valence-electron chi connectivity index (χ2n) is 7.60. The lowest BCUT2D eigenvalue weighted by atomic mass is 10.1. The van der Waals surface area contributed by atoms with E-state index in [0.717, 1.165) is 12.8 Å². The number of urea groups is 1. The molecule has 6 nitrogen and oxygen atoms in total. The molecule has 4 rings (SSSR count). The lowest BCUT2D eigenvalue weighted by Gasteiger charge is -2.26. The van der Waals surface area contributed by atoms with Gasteiger partial charge in [0.15, 0.2) is 5.78 Å². The van der Waals surface area contributed by atoms with Crippen LogP contribution in [0.25, 0.3) is 0 Å². The van der Waals surface area contributed by atoms with Crippen molar-refractivity contribution in [2.45, 2.75) is 44.3 Å². The molecular weight excluding hydrogens is 386 g/mol. The van der Waals surface area contributed by atoms with Gasteiger partial charge in [0, 0.05) is 29.4 Å². The summed E-state index contributed by atoms with van der Waals surface area (Å²) in [6.07, 6.45) is 2.23. The first kappa shape index (κ1) is 19.6. The molecule has 2 aliphatic rings. The number of thiophene rings is 1. The van der Waals surface area contributed by atoms with Crippen LogP contribution in [0.2, 0.25) is 0 Å². The van der Waals surface area contributed by atoms with Gasteiger partial charge in [-0.2, -0.15) is 0 Å². The van der Waals surface area contributed by atoms with Gasteiger partial charge in [0.25, 0.3) is 5.91 Å². The van der Waals surface area contributed by atoms with E-state index in [1.165, 1.54) is 4.88 Å². The average molecular weight is 412 g/mol. The number of rotatable bonds is 5. The highest BCUT2D eigenvalue weighted by molar-refractivity contribution is 7.09. The van der Waals surface area contributed by atoms with E-state index in [0.29, 0.717) is 18.5 Å². The fourth-order valence-electron chi connectivity index (χ4n) is 4.29. The van der Waals surface area contributed by atoms with Gasteiger partial charge in [0.2, 0.25) is 0 Å². The summed E-state index contributed by atoms with van der Waals surface area (Å²) in [6, 6.07) is 12.1. The maximum atomic E-state index is 12.9. The summed E-state index contributed by atoms with van der Waals surface area (Å²) >= 11 is 1.68. The third-order valence-corrected chi connectivity index (χ3v) is 6.71. The number of fused-ring (bicyclic) bond motifs is 1. The Morgan fingerprint density at radius 1 is 1.17 bits per heavy atom. The molecule has 1 N–H and O–H groups in total. The molecule has 0 saturated carbocycles. The number of Topliss-reactive ketones (excluding diaryl/α,β-unsaturated/α-hetero) is 1. The van der Waals surface area contributed by atoms with Crippen molar-refractivity contribution < 1.29 is 14.4 Å². The Morgan fingerprint density at radius 2 is 1.97 bits per heavy atom. The molecule has 2 fully saturated rings. The molecule has 3 heterocycles. The fraction of sp³-hybridized carbons (Fsp3) is 0.409. The molecule has 3 atom stereocenters. The van der Waals surface area contributed by atoms with Crippen LogP contribution in [0.4, 0.5) is 4.79 Å². The second-order valence-corrected chi connectivity index (χ2v) is 8.63. The van der Waals surface area contributed by atoms with Gasteiger partial charge < -0.3 is 15.1 Å². The van der Waals surface area contributed by atoms with E-state index in [2.05, 4.69) is 11.4 Å². The molecule has 0 spiro atoms. The van der Waals surface area contributed by atoms with Crippen molar-refractivity contribution in [2.75, 3.05) is 13.1 Å². The number of nitrogens with zero attached hydrogens (tertiary/aromatic N) is 2. The first-order chi connectivity index (χ1) is 14.1. The van der Waals surface area contributed by atoms with Gasteiger partial charge in [-0.25, -0.2) is 4.79 Å². The molecule has 1 unspecified atom stereocenters. The van der Waals surface area contributed by atoms with Gasteiger partial charge in [-0.3, -0.25) is 9.59 Å². The fourth-order valence-corrected chi connectivity index (χ4v) is 5.08. The van der Waals surface area contributed by atoms with Crippen molar-refractivity contribution in [1.82, 2.24) is 15.1 Å². The van der Waals surface area contributed by atoms with Gasteiger partial charge in [-0.15, -0.1) is 11.3 Å².